The van der Waals surface area contributed by atoms with Gasteiger partial charge in [0.25, 0.3) is 0 Å². The molecule has 20 heavy (non-hydrogen) atoms. The molecule has 0 spiro atoms. The van der Waals surface area contributed by atoms with Crippen molar-refractivity contribution in [1.82, 2.24) is 14.5 Å². The van der Waals surface area contributed by atoms with Gasteiger partial charge in [-0.2, -0.15) is 0 Å². The molecular weight excluding hydrogens is 258 g/mol. The molecule has 6 heteroatoms. The van der Waals surface area contributed by atoms with Crippen LogP contribution in [-0.2, 0) is 18.2 Å². The van der Waals surface area contributed by atoms with Gasteiger partial charge in [-0.25, -0.2) is 14.8 Å². The van der Waals surface area contributed by atoms with E-state index >= 15 is 0 Å². The van der Waals surface area contributed by atoms with Gasteiger partial charge in [-0.1, -0.05) is 13.8 Å². The van der Waals surface area contributed by atoms with Gasteiger partial charge in [-0.05, 0) is 19.3 Å². The number of carbonyl (C=O) groups is 1. The van der Waals surface area contributed by atoms with Crippen molar-refractivity contribution in [1.29, 1.82) is 0 Å². The SMILES string of the molecule is CCOC(=O)c1oc(-c2cn(C)cn2)nc1CC(C)C. The lowest BCUT2D eigenvalue weighted by molar-refractivity contribution is 0.0489. The molecule has 0 saturated heterocycles. The minimum absolute atomic E-state index is 0.182. The quantitative estimate of drug-likeness (QED) is 0.785. The number of ether oxygens (including phenoxy) is 1. The monoisotopic (exact) mass is 277 g/mol. The van der Waals surface area contributed by atoms with E-state index in [0.717, 1.165) is 0 Å². The summed E-state index contributed by atoms with van der Waals surface area (Å²) >= 11 is 0. The standard InChI is InChI=1S/C14H19N3O3/c1-5-19-14(18)12-10(6-9(2)3)16-13(20-12)11-7-17(4)8-15-11/h7-9H,5-6H2,1-4H3. The van der Waals surface area contributed by atoms with Gasteiger partial charge in [0.15, 0.2) is 0 Å². The molecular formula is C14H19N3O3. The molecule has 2 aromatic heterocycles. The maximum absolute atomic E-state index is 11.9. The molecule has 2 rings (SSSR count). The maximum Gasteiger partial charge on any atom is 0.376 e. The molecule has 0 aliphatic heterocycles. The van der Waals surface area contributed by atoms with E-state index < -0.39 is 5.97 Å². The fraction of sp³-hybridized carbons (Fsp3) is 0.500. The first-order valence-corrected chi connectivity index (χ1v) is 6.66. The Bertz CT molecular complexity index is 599. The Hall–Kier alpha value is -2.11. The molecule has 0 saturated carbocycles. The van der Waals surface area contributed by atoms with Gasteiger partial charge < -0.3 is 13.7 Å². The summed E-state index contributed by atoms with van der Waals surface area (Å²) in [4.78, 5) is 20.5. The normalized spacial score (nSPS) is 11.1. The van der Waals surface area contributed by atoms with Crippen LogP contribution in [0.25, 0.3) is 11.6 Å². The molecule has 0 bridgehead atoms. The molecule has 0 aliphatic rings. The molecule has 6 nitrogen and oxygen atoms in total. The second-order valence-corrected chi connectivity index (χ2v) is 5.04. The Kier molecular flexibility index (Phi) is 4.22. The first kappa shape index (κ1) is 14.3. The van der Waals surface area contributed by atoms with Gasteiger partial charge in [0.1, 0.15) is 5.69 Å². The Morgan fingerprint density at radius 1 is 1.50 bits per heavy atom. The molecule has 0 aromatic carbocycles. The van der Waals surface area contributed by atoms with Gasteiger partial charge in [-0.15, -0.1) is 0 Å². The Morgan fingerprint density at radius 3 is 2.80 bits per heavy atom. The number of carbonyl (C=O) groups excluding carboxylic acids is 1. The highest BCUT2D eigenvalue weighted by Gasteiger charge is 2.23. The van der Waals surface area contributed by atoms with Crippen molar-refractivity contribution in [2.45, 2.75) is 27.2 Å². The first-order valence-electron chi connectivity index (χ1n) is 6.66. The molecule has 108 valence electrons. The van der Waals surface area contributed by atoms with Crippen molar-refractivity contribution in [3.63, 3.8) is 0 Å². The van der Waals surface area contributed by atoms with Crippen LogP contribution in [-0.4, -0.2) is 27.1 Å². The van der Waals surface area contributed by atoms with Crippen LogP contribution in [0, 0.1) is 5.92 Å². The van der Waals surface area contributed by atoms with Crippen LogP contribution in [0.5, 0.6) is 0 Å². The third-order valence-corrected chi connectivity index (χ3v) is 2.68. The number of imidazole rings is 1. The van der Waals surface area contributed by atoms with Crippen LogP contribution in [0.2, 0.25) is 0 Å². The van der Waals surface area contributed by atoms with Crippen molar-refractivity contribution in [2.24, 2.45) is 13.0 Å². The fourth-order valence-electron chi connectivity index (χ4n) is 1.87. The molecule has 0 amide bonds. The molecule has 0 aliphatic carbocycles. The summed E-state index contributed by atoms with van der Waals surface area (Å²) in [5.74, 6) is 0.424. The van der Waals surface area contributed by atoms with Crippen molar-refractivity contribution in [2.75, 3.05) is 6.61 Å². The summed E-state index contributed by atoms with van der Waals surface area (Å²) in [7, 11) is 1.86. The number of aryl methyl sites for hydroxylation is 1. The summed E-state index contributed by atoms with van der Waals surface area (Å²) in [5.41, 5.74) is 1.23. The van der Waals surface area contributed by atoms with Crippen molar-refractivity contribution in [3.8, 4) is 11.6 Å². The van der Waals surface area contributed by atoms with E-state index in [4.69, 9.17) is 9.15 Å². The van der Waals surface area contributed by atoms with Crippen molar-refractivity contribution in [3.05, 3.63) is 24.0 Å². The lowest BCUT2D eigenvalue weighted by Gasteiger charge is -2.02. The third-order valence-electron chi connectivity index (χ3n) is 2.68. The van der Waals surface area contributed by atoms with E-state index in [0.29, 0.717) is 36.2 Å². The van der Waals surface area contributed by atoms with E-state index in [2.05, 4.69) is 23.8 Å². The maximum atomic E-state index is 11.9. The summed E-state index contributed by atoms with van der Waals surface area (Å²) in [5, 5.41) is 0. The van der Waals surface area contributed by atoms with E-state index in [9.17, 15) is 4.79 Å². The highest BCUT2D eigenvalue weighted by atomic mass is 16.5. The minimum Gasteiger partial charge on any atom is -0.460 e. The Balaban J connectivity index is 2.38. The number of nitrogens with zero attached hydrogens (tertiary/aromatic N) is 3. The first-order chi connectivity index (χ1) is 9.51. The smallest absolute Gasteiger partial charge is 0.376 e. The van der Waals surface area contributed by atoms with Crippen molar-refractivity contribution < 1.29 is 13.9 Å². The molecule has 0 fully saturated rings. The van der Waals surface area contributed by atoms with Gasteiger partial charge >= 0.3 is 5.97 Å². The van der Waals surface area contributed by atoms with Gasteiger partial charge in [0.05, 0.1) is 18.6 Å². The number of esters is 1. The van der Waals surface area contributed by atoms with E-state index in [1.807, 2.05) is 7.05 Å². The molecule has 2 heterocycles. The van der Waals surface area contributed by atoms with Gasteiger partial charge in [0, 0.05) is 13.2 Å². The second-order valence-electron chi connectivity index (χ2n) is 5.04. The summed E-state index contributed by atoms with van der Waals surface area (Å²) < 4.78 is 12.4. The van der Waals surface area contributed by atoms with Crippen molar-refractivity contribution >= 4 is 5.97 Å². The molecule has 0 unspecified atom stereocenters. The zero-order valence-corrected chi connectivity index (χ0v) is 12.2. The Labute approximate surface area is 117 Å². The van der Waals surface area contributed by atoms with Crippen LogP contribution in [0.4, 0.5) is 0 Å². The summed E-state index contributed by atoms with van der Waals surface area (Å²) in [6, 6.07) is 0. The largest absolute Gasteiger partial charge is 0.460 e. The van der Waals surface area contributed by atoms with Gasteiger partial charge in [-0.3, -0.25) is 0 Å². The average Bonchev–Trinajstić information content (AvgIpc) is 2.95. The van der Waals surface area contributed by atoms with Crippen LogP contribution < -0.4 is 0 Å². The molecule has 0 atom stereocenters. The fourth-order valence-corrected chi connectivity index (χ4v) is 1.87. The topological polar surface area (TPSA) is 70.2 Å². The molecule has 0 N–H and O–H groups in total. The number of hydrogen-bond acceptors (Lipinski definition) is 5. The van der Waals surface area contributed by atoms with Crippen LogP contribution >= 0.6 is 0 Å². The lowest BCUT2D eigenvalue weighted by atomic mass is 10.1. The van der Waals surface area contributed by atoms with E-state index in [-0.39, 0.29) is 5.76 Å². The predicted octanol–water partition coefficient (Wildman–Crippen LogP) is 2.45. The van der Waals surface area contributed by atoms with Gasteiger partial charge in [0.2, 0.25) is 11.7 Å². The van der Waals surface area contributed by atoms with E-state index in [1.165, 1.54) is 0 Å². The van der Waals surface area contributed by atoms with Crippen LogP contribution in [0.1, 0.15) is 37.0 Å². The third kappa shape index (κ3) is 3.07. The number of aromatic nitrogens is 3. The molecule has 2 aromatic rings. The highest BCUT2D eigenvalue weighted by Crippen LogP contribution is 2.23. The number of oxazole rings is 1. The summed E-state index contributed by atoms with van der Waals surface area (Å²) in [6.07, 6.45) is 4.11. The zero-order valence-electron chi connectivity index (χ0n) is 12.2. The number of rotatable bonds is 5. The van der Waals surface area contributed by atoms with Crippen LogP contribution in [0.3, 0.4) is 0 Å². The minimum atomic E-state index is -0.474. The molecule has 0 radical (unpaired) electrons. The Morgan fingerprint density at radius 2 is 2.25 bits per heavy atom. The zero-order chi connectivity index (χ0) is 14.7. The van der Waals surface area contributed by atoms with Crippen LogP contribution in [0.15, 0.2) is 16.9 Å². The summed E-state index contributed by atoms with van der Waals surface area (Å²) in [6.45, 7) is 6.18. The highest BCUT2D eigenvalue weighted by molar-refractivity contribution is 5.88. The average molecular weight is 277 g/mol. The predicted molar refractivity (Wildman–Crippen MR) is 73.2 cm³/mol. The lowest BCUT2D eigenvalue weighted by Crippen LogP contribution is -2.08. The number of hydrogen-bond donors (Lipinski definition) is 0. The van der Waals surface area contributed by atoms with E-state index in [1.54, 1.807) is 24.0 Å². The second kappa shape index (κ2) is 5.90.